The lowest BCUT2D eigenvalue weighted by atomic mass is 10.4. The normalized spacial score (nSPS) is 10.3. The van der Waals surface area contributed by atoms with Gasteiger partial charge in [-0.15, -0.1) is 11.8 Å². The van der Waals surface area contributed by atoms with Crippen molar-refractivity contribution in [3.63, 3.8) is 0 Å². The van der Waals surface area contributed by atoms with E-state index in [2.05, 4.69) is 52.8 Å². The van der Waals surface area contributed by atoms with Crippen LogP contribution in [0.3, 0.4) is 0 Å². The first-order chi connectivity index (χ1) is 6.33. The summed E-state index contributed by atoms with van der Waals surface area (Å²) < 4.78 is 1.15. The molecule has 0 aliphatic heterocycles. The third-order valence-electron chi connectivity index (χ3n) is 1.63. The maximum Gasteiger partial charge on any atom is 0.0176 e. The molecule has 0 spiro atoms. The smallest absolute Gasteiger partial charge is 0.0176 e. The summed E-state index contributed by atoms with van der Waals surface area (Å²) in [6.45, 7) is 0. The highest BCUT2D eigenvalue weighted by atomic mass is 79.9. The molecule has 0 fully saturated rings. The Bertz CT molecular complexity index is 233. The lowest BCUT2D eigenvalue weighted by Gasteiger charge is -2.00. The number of rotatable bonds is 5. The second-order valence-corrected chi connectivity index (χ2v) is 5.26. The standard InChI is InChI=1S/C10H13BrS2/c11-9-3-5-10(6-4-9)13-8-2-1-7-12/h3-6,12H,1-2,7-8H2. The Labute approximate surface area is 98.0 Å². The van der Waals surface area contributed by atoms with Gasteiger partial charge in [0.2, 0.25) is 0 Å². The Morgan fingerprint density at radius 2 is 1.85 bits per heavy atom. The minimum Gasteiger partial charge on any atom is -0.179 e. The van der Waals surface area contributed by atoms with Crippen molar-refractivity contribution >= 4 is 40.3 Å². The van der Waals surface area contributed by atoms with Gasteiger partial charge in [0.25, 0.3) is 0 Å². The zero-order chi connectivity index (χ0) is 9.52. The molecule has 0 unspecified atom stereocenters. The second-order valence-electron chi connectivity index (χ2n) is 2.73. The quantitative estimate of drug-likeness (QED) is 0.477. The summed E-state index contributed by atoms with van der Waals surface area (Å²) in [6, 6.07) is 8.47. The van der Waals surface area contributed by atoms with Gasteiger partial charge in [-0.25, -0.2) is 0 Å². The molecular formula is C10H13BrS2. The van der Waals surface area contributed by atoms with E-state index >= 15 is 0 Å². The van der Waals surface area contributed by atoms with Gasteiger partial charge in [0.05, 0.1) is 0 Å². The van der Waals surface area contributed by atoms with Crippen LogP contribution in [-0.2, 0) is 0 Å². The molecule has 1 rings (SSSR count). The Hall–Kier alpha value is 0.400. The topological polar surface area (TPSA) is 0 Å². The van der Waals surface area contributed by atoms with Gasteiger partial charge in [-0.1, -0.05) is 15.9 Å². The summed E-state index contributed by atoms with van der Waals surface area (Å²) in [4.78, 5) is 1.35. The van der Waals surface area contributed by atoms with Crippen LogP contribution in [0.2, 0.25) is 0 Å². The third-order valence-corrected chi connectivity index (χ3v) is 3.58. The molecule has 0 heterocycles. The minimum absolute atomic E-state index is 1.00. The van der Waals surface area contributed by atoms with E-state index in [0.29, 0.717) is 0 Å². The summed E-state index contributed by atoms with van der Waals surface area (Å²) >= 11 is 9.51. The summed E-state index contributed by atoms with van der Waals surface area (Å²) in [5.74, 6) is 2.20. The highest BCUT2D eigenvalue weighted by Gasteiger charge is 1.93. The molecule has 0 bridgehead atoms. The molecule has 0 amide bonds. The van der Waals surface area contributed by atoms with Crippen LogP contribution in [0.1, 0.15) is 12.8 Å². The van der Waals surface area contributed by atoms with Gasteiger partial charge in [-0.05, 0) is 48.6 Å². The van der Waals surface area contributed by atoms with E-state index < -0.39 is 0 Å². The van der Waals surface area contributed by atoms with E-state index in [0.717, 1.165) is 10.2 Å². The van der Waals surface area contributed by atoms with Crippen molar-refractivity contribution in [2.45, 2.75) is 17.7 Å². The average Bonchev–Trinajstić information content (AvgIpc) is 2.15. The second kappa shape index (κ2) is 6.80. The van der Waals surface area contributed by atoms with Gasteiger partial charge in [-0.3, -0.25) is 0 Å². The molecule has 72 valence electrons. The van der Waals surface area contributed by atoms with Crippen LogP contribution in [0.5, 0.6) is 0 Å². The zero-order valence-corrected chi connectivity index (χ0v) is 10.7. The van der Waals surface area contributed by atoms with Crippen LogP contribution >= 0.6 is 40.3 Å². The zero-order valence-electron chi connectivity index (χ0n) is 7.37. The van der Waals surface area contributed by atoms with Crippen molar-refractivity contribution in [1.82, 2.24) is 0 Å². The Morgan fingerprint density at radius 3 is 2.46 bits per heavy atom. The fourth-order valence-corrected chi connectivity index (χ4v) is 2.34. The summed E-state index contributed by atoms with van der Waals surface area (Å²) in [5.41, 5.74) is 0. The van der Waals surface area contributed by atoms with Crippen LogP contribution in [0.15, 0.2) is 33.6 Å². The monoisotopic (exact) mass is 276 g/mol. The van der Waals surface area contributed by atoms with Gasteiger partial charge in [0.1, 0.15) is 0 Å². The van der Waals surface area contributed by atoms with Crippen molar-refractivity contribution < 1.29 is 0 Å². The summed E-state index contributed by atoms with van der Waals surface area (Å²) in [6.07, 6.45) is 2.47. The van der Waals surface area contributed by atoms with Crippen LogP contribution in [0.4, 0.5) is 0 Å². The molecule has 13 heavy (non-hydrogen) atoms. The van der Waals surface area contributed by atoms with Crippen LogP contribution < -0.4 is 0 Å². The maximum absolute atomic E-state index is 4.18. The Kier molecular flexibility index (Phi) is 6.00. The molecule has 1 aromatic carbocycles. The average molecular weight is 277 g/mol. The molecule has 0 aliphatic rings. The first kappa shape index (κ1) is 11.5. The van der Waals surface area contributed by atoms with Gasteiger partial charge in [-0.2, -0.15) is 12.6 Å². The summed E-state index contributed by atoms with van der Waals surface area (Å²) in [7, 11) is 0. The lowest BCUT2D eigenvalue weighted by Crippen LogP contribution is -1.81. The van der Waals surface area contributed by atoms with Crippen LogP contribution in [0.25, 0.3) is 0 Å². The third kappa shape index (κ3) is 4.99. The van der Waals surface area contributed by atoms with Crippen molar-refractivity contribution in [2.24, 2.45) is 0 Å². The van der Waals surface area contributed by atoms with Crippen LogP contribution in [-0.4, -0.2) is 11.5 Å². The number of thiol groups is 1. The molecule has 0 aliphatic carbocycles. The molecule has 0 atom stereocenters. The summed E-state index contributed by atoms with van der Waals surface area (Å²) in [5, 5.41) is 0. The number of unbranched alkanes of at least 4 members (excludes halogenated alkanes) is 1. The first-order valence-electron chi connectivity index (χ1n) is 4.32. The minimum atomic E-state index is 1.00. The fourth-order valence-electron chi connectivity index (χ4n) is 0.935. The van der Waals surface area contributed by atoms with Crippen molar-refractivity contribution in [3.05, 3.63) is 28.7 Å². The molecule has 0 radical (unpaired) electrons. The van der Waals surface area contributed by atoms with Gasteiger partial charge < -0.3 is 0 Å². The van der Waals surface area contributed by atoms with Gasteiger partial charge in [0, 0.05) is 9.37 Å². The Balaban J connectivity index is 2.25. The number of hydrogen-bond donors (Lipinski definition) is 1. The predicted octanol–water partition coefficient (Wildman–Crippen LogP) is 4.25. The molecular weight excluding hydrogens is 264 g/mol. The van der Waals surface area contributed by atoms with Crippen LogP contribution in [0, 0.1) is 0 Å². The highest BCUT2D eigenvalue weighted by Crippen LogP contribution is 2.21. The van der Waals surface area contributed by atoms with E-state index in [1.807, 2.05) is 11.8 Å². The molecule has 0 nitrogen and oxygen atoms in total. The maximum atomic E-state index is 4.18. The van der Waals surface area contributed by atoms with E-state index in [9.17, 15) is 0 Å². The predicted molar refractivity (Wildman–Crippen MR) is 68.0 cm³/mol. The molecule has 0 aromatic heterocycles. The first-order valence-corrected chi connectivity index (χ1v) is 6.73. The highest BCUT2D eigenvalue weighted by molar-refractivity contribution is 9.10. The van der Waals surface area contributed by atoms with Crippen molar-refractivity contribution in [3.8, 4) is 0 Å². The molecule has 1 aromatic rings. The van der Waals surface area contributed by atoms with Crippen molar-refractivity contribution in [2.75, 3.05) is 11.5 Å². The van der Waals surface area contributed by atoms with E-state index in [4.69, 9.17) is 0 Å². The van der Waals surface area contributed by atoms with E-state index in [1.165, 1.54) is 23.5 Å². The molecule has 0 N–H and O–H groups in total. The largest absolute Gasteiger partial charge is 0.179 e. The number of benzene rings is 1. The molecule has 0 saturated carbocycles. The number of halogens is 1. The number of hydrogen-bond acceptors (Lipinski definition) is 2. The SMILES string of the molecule is SCCCCSc1ccc(Br)cc1. The van der Waals surface area contributed by atoms with E-state index in [1.54, 1.807) is 0 Å². The molecule has 3 heteroatoms. The van der Waals surface area contributed by atoms with E-state index in [-0.39, 0.29) is 0 Å². The van der Waals surface area contributed by atoms with Gasteiger partial charge >= 0.3 is 0 Å². The van der Waals surface area contributed by atoms with Crippen molar-refractivity contribution in [1.29, 1.82) is 0 Å². The molecule has 0 saturated heterocycles. The Morgan fingerprint density at radius 1 is 1.15 bits per heavy atom. The lowest BCUT2D eigenvalue weighted by molar-refractivity contribution is 0.909. The van der Waals surface area contributed by atoms with Gasteiger partial charge in [0.15, 0.2) is 0 Å². The number of thioether (sulfide) groups is 1. The fraction of sp³-hybridized carbons (Fsp3) is 0.400.